The lowest BCUT2D eigenvalue weighted by atomic mass is 10.2. The highest BCUT2D eigenvalue weighted by atomic mass is 35.5. The first-order chi connectivity index (χ1) is 11.2. The zero-order valence-corrected chi connectivity index (χ0v) is 14.2. The van der Waals surface area contributed by atoms with E-state index in [4.69, 9.17) is 16.7 Å². The maximum atomic E-state index is 9.07. The van der Waals surface area contributed by atoms with Crippen LogP contribution in [0.3, 0.4) is 0 Å². The second-order valence-electron chi connectivity index (χ2n) is 5.11. The van der Waals surface area contributed by atoms with Crippen LogP contribution in [-0.2, 0) is 19.4 Å². The fraction of sp³-hybridized carbons (Fsp3) is 0.176. The fourth-order valence-corrected chi connectivity index (χ4v) is 3.29. The standard InChI is InChI=1S/C17H16ClN3OS/c1-21-16(14-4-2-3-5-15(14)18)19-20-17(21)23-11-13-8-6-12(10-22)7-9-13/h2-9,22H,10-11H2,1H3. The quantitative estimate of drug-likeness (QED) is 0.712. The third kappa shape index (κ3) is 3.58. The Morgan fingerprint density at radius 3 is 2.43 bits per heavy atom. The van der Waals surface area contributed by atoms with Crippen molar-refractivity contribution in [3.63, 3.8) is 0 Å². The Kier molecular flexibility index (Phi) is 5.00. The van der Waals surface area contributed by atoms with Crippen LogP contribution in [0.15, 0.2) is 53.7 Å². The maximum Gasteiger partial charge on any atom is 0.191 e. The predicted molar refractivity (Wildman–Crippen MR) is 93.4 cm³/mol. The molecule has 1 heterocycles. The van der Waals surface area contributed by atoms with E-state index in [0.29, 0.717) is 5.02 Å². The summed E-state index contributed by atoms with van der Waals surface area (Å²) in [5, 5.41) is 19.1. The molecular formula is C17H16ClN3OS. The molecule has 0 spiro atoms. The van der Waals surface area contributed by atoms with Crippen LogP contribution < -0.4 is 0 Å². The van der Waals surface area contributed by atoms with E-state index in [0.717, 1.165) is 27.9 Å². The minimum Gasteiger partial charge on any atom is -0.392 e. The van der Waals surface area contributed by atoms with E-state index in [9.17, 15) is 0 Å². The summed E-state index contributed by atoms with van der Waals surface area (Å²) in [6.45, 7) is 0.0674. The minimum atomic E-state index is 0.0674. The van der Waals surface area contributed by atoms with Crippen LogP contribution in [0, 0.1) is 0 Å². The molecule has 0 atom stereocenters. The largest absolute Gasteiger partial charge is 0.392 e. The number of thioether (sulfide) groups is 1. The summed E-state index contributed by atoms with van der Waals surface area (Å²) in [5.74, 6) is 1.55. The molecule has 0 fully saturated rings. The second kappa shape index (κ2) is 7.17. The van der Waals surface area contributed by atoms with Crippen LogP contribution in [-0.4, -0.2) is 19.9 Å². The third-order valence-corrected chi connectivity index (χ3v) is 4.94. The van der Waals surface area contributed by atoms with E-state index in [1.54, 1.807) is 11.8 Å². The zero-order chi connectivity index (χ0) is 16.2. The molecule has 0 saturated carbocycles. The first-order valence-electron chi connectivity index (χ1n) is 7.15. The van der Waals surface area contributed by atoms with Gasteiger partial charge in [-0.25, -0.2) is 0 Å². The van der Waals surface area contributed by atoms with E-state index >= 15 is 0 Å². The van der Waals surface area contributed by atoms with Gasteiger partial charge in [0.25, 0.3) is 0 Å². The summed E-state index contributed by atoms with van der Waals surface area (Å²) >= 11 is 7.85. The van der Waals surface area contributed by atoms with Gasteiger partial charge in [-0.15, -0.1) is 10.2 Å². The van der Waals surface area contributed by atoms with Gasteiger partial charge in [-0.05, 0) is 23.3 Å². The Balaban J connectivity index is 1.75. The molecule has 118 valence electrons. The zero-order valence-electron chi connectivity index (χ0n) is 12.6. The van der Waals surface area contributed by atoms with Gasteiger partial charge in [-0.1, -0.05) is 59.8 Å². The number of nitrogens with zero attached hydrogens (tertiary/aromatic N) is 3. The Hall–Kier alpha value is -1.82. The van der Waals surface area contributed by atoms with Gasteiger partial charge < -0.3 is 9.67 Å². The highest BCUT2D eigenvalue weighted by Gasteiger charge is 2.13. The van der Waals surface area contributed by atoms with Crippen molar-refractivity contribution in [2.45, 2.75) is 17.5 Å². The molecule has 2 aromatic carbocycles. The van der Waals surface area contributed by atoms with Gasteiger partial charge in [0.1, 0.15) is 0 Å². The predicted octanol–water partition coefficient (Wildman–Crippen LogP) is 3.92. The van der Waals surface area contributed by atoms with Crippen LogP contribution in [0.5, 0.6) is 0 Å². The van der Waals surface area contributed by atoms with Crippen molar-refractivity contribution in [3.8, 4) is 11.4 Å². The summed E-state index contributed by atoms with van der Waals surface area (Å²) in [4.78, 5) is 0. The number of aliphatic hydroxyl groups is 1. The van der Waals surface area contributed by atoms with Crippen molar-refractivity contribution in [1.29, 1.82) is 0 Å². The smallest absolute Gasteiger partial charge is 0.191 e. The molecule has 3 aromatic rings. The molecule has 6 heteroatoms. The maximum absolute atomic E-state index is 9.07. The van der Waals surface area contributed by atoms with Crippen LogP contribution >= 0.6 is 23.4 Å². The normalized spacial score (nSPS) is 10.9. The molecular weight excluding hydrogens is 330 g/mol. The van der Waals surface area contributed by atoms with Gasteiger partial charge in [0.05, 0.1) is 11.6 Å². The number of aromatic nitrogens is 3. The topological polar surface area (TPSA) is 50.9 Å². The lowest BCUT2D eigenvalue weighted by Crippen LogP contribution is -1.95. The number of rotatable bonds is 5. The first-order valence-corrected chi connectivity index (χ1v) is 8.51. The first kappa shape index (κ1) is 16.1. The molecule has 0 saturated heterocycles. The van der Waals surface area contributed by atoms with Crippen LogP contribution in [0.4, 0.5) is 0 Å². The van der Waals surface area contributed by atoms with Crippen molar-refractivity contribution >= 4 is 23.4 Å². The summed E-state index contributed by atoms with van der Waals surface area (Å²) in [5.41, 5.74) is 2.97. The average molecular weight is 346 g/mol. The van der Waals surface area contributed by atoms with Gasteiger partial charge in [0, 0.05) is 18.4 Å². The molecule has 0 bridgehead atoms. The van der Waals surface area contributed by atoms with E-state index in [1.807, 2.05) is 60.1 Å². The van der Waals surface area contributed by atoms with Crippen LogP contribution in [0.25, 0.3) is 11.4 Å². The highest BCUT2D eigenvalue weighted by Crippen LogP contribution is 2.29. The molecule has 0 unspecified atom stereocenters. The number of benzene rings is 2. The Morgan fingerprint density at radius 1 is 1.04 bits per heavy atom. The lowest BCUT2D eigenvalue weighted by Gasteiger charge is -2.06. The molecule has 23 heavy (non-hydrogen) atoms. The van der Waals surface area contributed by atoms with Crippen LogP contribution in [0.1, 0.15) is 11.1 Å². The van der Waals surface area contributed by atoms with Gasteiger partial charge in [0.15, 0.2) is 11.0 Å². The Morgan fingerprint density at radius 2 is 1.74 bits per heavy atom. The van der Waals surface area contributed by atoms with Crippen molar-refractivity contribution in [1.82, 2.24) is 14.8 Å². The van der Waals surface area contributed by atoms with Gasteiger partial charge in [0.2, 0.25) is 0 Å². The highest BCUT2D eigenvalue weighted by molar-refractivity contribution is 7.98. The lowest BCUT2D eigenvalue weighted by molar-refractivity contribution is 0.282. The molecule has 0 aliphatic rings. The molecule has 0 radical (unpaired) electrons. The summed E-state index contributed by atoms with van der Waals surface area (Å²) in [6.07, 6.45) is 0. The van der Waals surface area contributed by atoms with E-state index in [2.05, 4.69) is 10.2 Å². The summed E-state index contributed by atoms with van der Waals surface area (Å²) < 4.78 is 1.95. The molecule has 3 rings (SSSR count). The number of hydrogen-bond acceptors (Lipinski definition) is 4. The summed E-state index contributed by atoms with van der Waals surface area (Å²) in [6, 6.07) is 15.5. The summed E-state index contributed by atoms with van der Waals surface area (Å²) in [7, 11) is 1.94. The molecule has 0 aliphatic heterocycles. The van der Waals surface area contributed by atoms with Crippen molar-refractivity contribution in [2.24, 2.45) is 7.05 Å². The molecule has 0 amide bonds. The second-order valence-corrected chi connectivity index (χ2v) is 6.46. The molecule has 4 nitrogen and oxygen atoms in total. The molecule has 1 N–H and O–H groups in total. The molecule has 0 aliphatic carbocycles. The van der Waals surface area contributed by atoms with Crippen molar-refractivity contribution in [3.05, 3.63) is 64.7 Å². The van der Waals surface area contributed by atoms with E-state index in [-0.39, 0.29) is 6.61 Å². The number of aliphatic hydroxyl groups excluding tert-OH is 1. The average Bonchev–Trinajstić information content (AvgIpc) is 2.94. The van der Waals surface area contributed by atoms with Gasteiger partial charge in [-0.2, -0.15) is 0 Å². The van der Waals surface area contributed by atoms with Crippen molar-refractivity contribution in [2.75, 3.05) is 0 Å². The Bertz CT molecular complexity index is 802. The number of halogens is 1. The SMILES string of the molecule is Cn1c(SCc2ccc(CO)cc2)nnc1-c1ccccc1Cl. The van der Waals surface area contributed by atoms with E-state index < -0.39 is 0 Å². The van der Waals surface area contributed by atoms with Crippen molar-refractivity contribution < 1.29 is 5.11 Å². The fourth-order valence-electron chi connectivity index (χ4n) is 2.21. The minimum absolute atomic E-state index is 0.0674. The van der Waals surface area contributed by atoms with Gasteiger partial charge in [-0.3, -0.25) is 0 Å². The molecule has 1 aromatic heterocycles. The van der Waals surface area contributed by atoms with E-state index in [1.165, 1.54) is 5.56 Å². The van der Waals surface area contributed by atoms with Gasteiger partial charge >= 0.3 is 0 Å². The Labute approximate surface area is 144 Å². The third-order valence-electron chi connectivity index (χ3n) is 3.52. The monoisotopic (exact) mass is 345 g/mol. The van der Waals surface area contributed by atoms with Crippen LogP contribution in [0.2, 0.25) is 5.02 Å². The number of hydrogen-bond donors (Lipinski definition) is 1.